The zero-order valence-corrected chi connectivity index (χ0v) is 8.71. The minimum Gasteiger partial charge on any atom is -0.484 e. The zero-order valence-electron chi connectivity index (χ0n) is 7.96. The summed E-state index contributed by atoms with van der Waals surface area (Å²) in [6.45, 7) is 3.84. The first-order valence-corrected chi connectivity index (χ1v) is 4.57. The van der Waals surface area contributed by atoms with E-state index in [-0.39, 0.29) is 12.0 Å². The van der Waals surface area contributed by atoms with Crippen LogP contribution in [0.15, 0.2) is 24.0 Å². The Morgan fingerprint density at radius 2 is 2.38 bits per heavy atom. The van der Waals surface area contributed by atoms with E-state index in [0.717, 1.165) is 12.2 Å². The average molecular weight is 200 g/mol. The molecule has 0 aliphatic rings. The van der Waals surface area contributed by atoms with E-state index in [0.29, 0.717) is 0 Å². The van der Waals surface area contributed by atoms with Gasteiger partial charge in [0.05, 0.1) is 11.1 Å². The molecule has 0 aromatic carbocycles. The number of halogens is 1. The van der Waals surface area contributed by atoms with Gasteiger partial charge in [0.15, 0.2) is 6.61 Å². The fraction of sp³-hybridized carbons (Fsp3) is 0.500. The van der Waals surface area contributed by atoms with Gasteiger partial charge in [-0.2, -0.15) is 5.26 Å². The Balaban J connectivity index is 3.76. The van der Waals surface area contributed by atoms with Gasteiger partial charge in [0.2, 0.25) is 0 Å². The van der Waals surface area contributed by atoms with E-state index in [1.165, 1.54) is 0 Å². The van der Waals surface area contributed by atoms with Crippen LogP contribution in [-0.2, 0) is 4.74 Å². The van der Waals surface area contributed by atoms with E-state index < -0.39 is 0 Å². The molecule has 1 atom stereocenters. The lowest BCUT2D eigenvalue weighted by molar-refractivity contribution is 0.253. The number of hydrogen-bond donors (Lipinski definition) is 0. The van der Waals surface area contributed by atoms with Gasteiger partial charge in [0.25, 0.3) is 0 Å². The first kappa shape index (κ1) is 12.1. The van der Waals surface area contributed by atoms with Crippen LogP contribution < -0.4 is 0 Å². The first-order chi connectivity index (χ1) is 6.20. The maximum absolute atomic E-state index is 8.24. The molecule has 0 saturated carbocycles. The summed E-state index contributed by atoms with van der Waals surface area (Å²) in [5.41, 5.74) is 0. The Morgan fingerprint density at radius 3 is 2.92 bits per heavy atom. The monoisotopic (exact) mass is 199 g/mol. The van der Waals surface area contributed by atoms with Crippen LogP contribution in [0, 0.1) is 11.3 Å². The molecular weight excluding hydrogens is 186 g/mol. The summed E-state index contributed by atoms with van der Waals surface area (Å²) >= 11 is 5.91. The molecule has 13 heavy (non-hydrogen) atoms. The van der Waals surface area contributed by atoms with Crippen LogP contribution in [0.2, 0.25) is 0 Å². The molecule has 0 aromatic heterocycles. The van der Waals surface area contributed by atoms with Crippen molar-refractivity contribution in [1.82, 2.24) is 0 Å². The SMILES string of the molecule is C/C=C\C(Cl)C/C=C(\C)OCC#N. The van der Waals surface area contributed by atoms with E-state index in [1.54, 1.807) is 0 Å². The molecule has 2 nitrogen and oxygen atoms in total. The van der Waals surface area contributed by atoms with Crippen molar-refractivity contribution in [3.8, 4) is 6.07 Å². The molecule has 0 aromatic rings. The molecule has 1 unspecified atom stereocenters. The molecule has 0 N–H and O–H groups in total. The van der Waals surface area contributed by atoms with Gasteiger partial charge < -0.3 is 4.74 Å². The largest absolute Gasteiger partial charge is 0.484 e. The van der Waals surface area contributed by atoms with Crippen molar-refractivity contribution in [1.29, 1.82) is 5.26 Å². The van der Waals surface area contributed by atoms with Crippen molar-refractivity contribution in [3.63, 3.8) is 0 Å². The second-order valence-electron chi connectivity index (χ2n) is 2.54. The Bertz CT molecular complexity index is 228. The zero-order chi connectivity index (χ0) is 10.1. The summed E-state index contributed by atoms with van der Waals surface area (Å²) in [5, 5.41) is 8.24. The Morgan fingerprint density at radius 1 is 1.69 bits per heavy atom. The van der Waals surface area contributed by atoms with Crippen LogP contribution in [0.1, 0.15) is 20.3 Å². The van der Waals surface area contributed by atoms with Crippen molar-refractivity contribution in [2.24, 2.45) is 0 Å². The van der Waals surface area contributed by atoms with Gasteiger partial charge in [-0.3, -0.25) is 0 Å². The molecular formula is C10H14ClNO. The number of ether oxygens (including phenoxy) is 1. The summed E-state index contributed by atoms with van der Waals surface area (Å²) < 4.78 is 5.04. The number of hydrogen-bond acceptors (Lipinski definition) is 2. The number of nitriles is 1. The minimum atomic E-state index is 0.00522. The second-order valence-corrected chi connectivity index (χ2v) is 3.10. The van der Waals surface area contributed by atoms with Crippen LogP contribution in [0.3, 0.4) is 0 Å². The molecule has 3 heteroatoms. The lowest BCUT2D eigenvalue weighted by Crippen LogP contribution is -1.93. The van der Waals surface area contributed by atoms with Crippen LogP contribution in [0.4, 0.5) is 0 Å². The topological polar surface area (TPSA) is 33.0 Å². The van der Waals surface area contributed by atoms with E-state index in [2.05, 4.69) is 0 Å². The maximum Gasteiger partial charge on any atom is 0.174 e. The predicted octanol–water partition coefficient (Wildman–Crippen LogP) is 3.00. The van der Waals surface area contributed by atoms with Crippen molar-refractivity contribution in [3.05, 3.63) is 24.0 Å². The van der Waals surface area contributed by atoms with Gasteiger partial charge in [0.1, 0.15) is 6.07 Å². The standard InChI is InChI=1S/C10H14ClNO/c1-3-4-10(11)6-5-9(2)13-8-7-12/h3-5,10H,6,8H2,1-2H3/b4-3-,9-5+. The van der Waals surface area contributed by atoms with E-state index in [4.69, 9.17) is 21.6 Å². The Hall–Kier alpha value is -0.940. The Kier molecular flexibility index (Phi) is 7.14. The number of alkyl halides is 1. The molecule has 0 aliphatic heterocycles. The fourth-order valence-corrected chi connectivity index (χ4v) is 1.01. The molecule has 0 radical (unpaired) electrons. The molecule has 0 bridgehead atoms. The van der Waals surface area contributed by atoms with E-state index >= 15 is 0 Å². The van der Waals surface area contributed by atoms with Gasteiger partial charge in [0, 0.05) is 0 Å². The van der Waals surface area contributed by atoms with Crippen molar-refractivity contribution in [2.75, 3.05) is 6.61 Å². The third kappa shape index (κ3) is 7.42. The van der Waals surface area contributed by atoms with Gasteiger partial charge in [-0.25, -0.2) is 0 Å². The fourth-order valence-electron chi connectivity index (χ4n) is 0.771. The first-order valence-electron chi connectivity index (χ1n) is 4.14. The van der Waals surface area contributed by atoms with E-state index in [1.807, 2.05) is 38.1 Å². The van der Waals surface area contributed by atoms with Crippen LogP contribution >= 0.6 is 11.6 Å². The van der Waals surface area contributed by atoms with Crippen LogP contribution in [-0.4, -0.2) is 12.0 Å². The smallest absolute Gasteiger partial charge is 0.174 e. The molecule has 0 heterocycles. The minimum absolute atomic E-state index is 0.00522. The van der Waals surface area contributed by atoms with Crippen LogP contribution in [0.5, 0.6) is 0 Å². The predicted molar refractivity (Wildman–Crippen MR) is 54.4 cm³/mol. The average Bonchev–Trinajstić information content (AvgIpc) is 2.12. The van der Waals surface area contributed by atoms with Gasteiger partial charge in [-0.1, -0.05) is 12.2 Å². The van der Waals surface area contributed by atoms with Crippen molar-refractivity contribution >= 4 is 11.6 Å². The second kappa shape index (κ2) is 7.70. The van der Waals surface area contributed by atoms with Gasteiger partial charge in [-0.15, -0.1) is 11.6 Å². The van der Waals surface area contributed by atoms with Gasteiger partial charge in [-0.05, 0) is 26.3 Å². The maximum atomic E-state index is 8.24. The number of allylic oxidation sites excluding steroid dienone is 4. The molecule has 72 valence electrons. The summed E-state index contributed by atoms with van der Waals surface area (Å²) in [6, 6.07) is 1.90. The van der Waals surface area contributed by atoms with Crippen molar-refractivity contribution < 1.29 is 4.74 Å². The summed E-state index contributed by atoms with van der Waals surface area (Å²) in [4.78, 5) is 0. The molecule has 0 fully saturated rings. The summed E-state index contributed by atoms with van der Waals surface area (Å²) in [7, 11) is 0. The summed E-state index contributed by atoms with van der Waals surface area (Å²) in [5.74, 6) is 0.747. The molecule has 0 amide bonds. The lowest BCUT2D eigenvalue weighted by Gasteiger charge is -2.02. The quantitative estimate of drug-likeness (QED) is 0.388. The Labute approximate surface area is 84.5 Å². The van der Waals surface area contributed by atoms with Crippen LogP contribution in [0.25, 0.3) is 0 Å². The number of nitrogens with zero attached hydrogens (tertiary/aromatic N) is 1. The van der Waals surface area contributed by atoms with Crippen molar-refractivity contribution in [2.45, 2.75) is 25.6 Å². The highest BCUT2D eigenvalue weighted by atomic mass is 35.5. The lowest BCUT2D eigenvalue weighted by atomic mass is 10.2. The van der Waals surface area contributed by atoms with Gasteiger partial charge >= 0.3 is 0 Å². The molecule has 0 saturated heterocycles. The highest BCUT2D eigenvalue weighted by Crippen LogP contribution is 2.07. The van der Waals surface area contributed by atoms with E-state index in [9.17, 15) is 0 Å². The highest BCUT2D eigenvalue weighted by Gasteiger charge is 1.96. The summed E-state index contributed by atoms with van der Waals surface area (Å²) in [6.07, 6.45) is 6.44. The number of rotatable bonds is 5. The molecule has 0 spiro atoms. The third-order valence-corrected chi connectivity index (χ3v) is 1.72. The third-order valence-electron chi connectivity index (χ3n) is 1.40. The molecule has 0 aliphatic carbocycles. The normalized spacial score (nSPS) is 14.2. The highest BCUT2D eigenvalue weighted by molar-refractivity contribution is 6.21. The molecule has 0 rings (SSSR count).